The first-order valence-corrected chi connectivity index (χ1v) is 5.24. The second-order valence-electron chi connectivity index (χ2n) is 3.71. The van der Waals surface area contributed by atoms with Crippen molar-refractivity contribution in [2.75, 3.05) is 0 Å². The van der Waals surface area contributed by atoms with Crippen molar-refractivity contribution in [2.24, 2.45) is 0 Å². The minimum Gasteiger partial charge on any atom is -0.450 e. The Morgan fingerprint density at radius 2 is 2.00 bits per heavy atom. The molecule has 0 aliphatic rings. The van der Waals surface area contributed by atoms with Crippen molar-refractivity contribution in [2.45, 2.75) is 32.3 Å². The number of hydrogen-bond acceptors (Lipinski definition) is 3. The van der Waals surface area contributed by atoms with Crippen molar-refractivity contribution < 1.29 is 14.3 Å². The molecule has 1 rings (SSSR count). The topological polar surface area (TPSA) is 43.4 Å². The Balaban J connectivity index is 2.86. The summed E-state index contributed by atoms with van der Waals surface area (Å²) in [5.41, 5.74) is -0.193. The predicted octanol–water partition coefficient (Wildman–Crippen LogP) is 2.05. The Morgan fingerprint density at radius 3 is 2.44 bits per heavy atom. The van der Waals surface area contributed by atoms with Crippen molar-refractivity contribution in [1.29, 1.82) is 0 Å². The average molecular weight is 219 g/mol. The largest absolute Gasteiger partial charge is 0.450 e. The third-order valence-corrected chi connectivity index (χ3v) is 2.43. The Kier molecular flexibility index (Phi) is 4.23. The molecule has 0 spiro atoms. The SMILES string of the molecule is CCC([C]=O)(Cc1ccccc1)OC(C)=O. The van der Waals surface area contributed by atoms with Crippen LogP contribution in [0, 0.1) is 0 Å². The number of rotatable bonds is 5. The monoisotopic (exact) mass is 219 g/mol. The molecule has 0 aromatic heterocycles. The molecule has 0 saturated carbocycles. The molecule has 0 fully saturated rings. The summed E-state index contributed by atoms with van der Waals surface area (Å²) in [7, 11) is 0. The van der Waals surface area contributed by atoms with E-state index in [2.05, 4.69) is 0 Å². The van der Waals surface area contributed by atoms with Gasteiger partial charge in [0.05, 0.1) is 0 Å². The van der Waals surface area contributed by atoms with E-state index < -0.39 is 11.6 Å². The number of carbonyl (C=O) groups excluding carboxylic acids is 2. The predicted molar refractivity (Wildman–Crippen MR) is 60.6 cm³/mol. The van der Waals surface area contributed by atoms with Gasteiger partial charge in [-0.05, 0) is 12.0 Å². The zero-order valence-electron chi connectivity index (χ0n) is 9.53. The quantitative estimate of drug-likeness (QED) is 0.712. The molecule has 0 saturated heterocycles. The third kappa shape index (κ3) is 3.19. The second kappa shape index (κ2) is 5.45. The van der Waals surface area contributed by atoms with Crippen molar-refractivity contribution in [3.8, 4) is 0 Å². The molecular weight excluding hydrogens is 204 g/mol. The van der Waals surface area contributed by atoms with Crippen LogP contribution in [0.3, 0.4) is 0 Å². The fourth-order valence-corrected chi connectivity index (χ4v) is 1.56. The highest BCUT2D eigenvalue weighted by Crippen LogP contribution is 2.20. The van der Waals surface area contributed by atoms with E-state index in [9.17, 15) is 9.59 Å². The summed E-state index contributed by atoms with van der Waals surface area (Å²) in [5.74, 6) is -0.457. The Hall–Kier alpha value is -1.64. The molecule has 3 nitrogen and oxygen atoms in total. The molecule has 3 heteroatoms. The van der Waals surface area contributed by atoms with E-state index in [1.54, 1.807) is 6.92 Å². The molecule has 1 atom stereocenters. The van der Waals surface area contributed by atoms with Crippen LogP contribution in [0.15, 0.2) is 30.3 Å². The maximum Gasteiger partial charge on any atom is 0.303 e. The highest BCUT2D eigenvalue weighted by atomic mass is 16.6. The normalized spacial score (nSPS) is 13.9. The summed E-state index contributed by atoms with van der Waals surface area (Å²) >= 11 is 0. The van der Waals surface area contributed by atoms with Gasteiger partial charge in [-0.15, -0.1) is 0 Å². The first kappa shape index (κ1) is 12.4. The highest BCUT2D eigenvalue weighted by molar-refractivity contribution is 5.73. The van der Waals surface area contributed by atoms with Gasteiger partial charge in [0.1, 0.15) is 0 Å². The van der Waals surface area contributed by atoms with Crippen LogP contribution in [0.1, 0.15) is 25.8 Å². The molecule has 0 aliphatic heterocycles. The highest BCUT2D eigenvalue weighted by Gasteiger charge is 2.32. The van der Waals surface area contributed by atoms with Crippen molar-refractivity contribution in [3.63, 3.8) is 0 Å². The molecule has 0 heterocycles. The maximum atomic E-state index is 11.0. The Bertz CT molecular complexity index is 359. The van der Waals surface area contributed by atoms with Crippen LogP contribution in [-0.2, 0) is 20.7 Å². The third-order valence-electron chi connectivity index (χ3n) is 2.43. The van der Waals surface area contributed by atoms with Gasteiger partial charge in [0.15, 0.2) is 5.60 Å². The van der Waals surface area contributed by atoms with Crippen LogP contribution in [0.25, 0.3) is 0 Å². The fraction of sp³-hybridized carbons (Fsp3) is 0.385. The average Bonchev–Trinajstić information content (AvgIpc) is 2.29. The van der Waals surface area contributed by atoms with Crippen molar-refractivity contribution in [3.05, 3.63) is 35.9 Å². The van der Waals surface area contributed by atoms with E-state index in [1.807, 2.05) is 36.6 Å². The van der Waals surface area contributed by atoms with Crippen LogP contribution in [0.5, 0.6) is 0 Å². The summed E-state index contributed by atoms with van der Waals surface area (Å²) in [6, 6.07) is 9.45. The van der Waals surface area contributed by atoms with Gasteiger partial charge < -0.3 is 4.74 Å². The summed E-state index contributed by atoms with van der Waals surface area (Å²) in [6.45, 7) is 3.10. The standard InChI is InChI=1S/C13H15O3/c1-3-13(10-14,16-11(2)15)9-12-7-5-4-6-8-12/h4-8H,3,9H2,1-2H3. The van der Waals surface area contributed by atoms with Crippen molar-refractivity contribution in [1.82, 2.24) is 0 Å². The number of benzene rings is 1. The van der Waals surface area contributed by atoms with Gasteiger partial charge in [-0.25, -0.2) is 0 Å². The number of hydrogen-bond donors (Lipinski definition) is 0. The van der Waals surface area contributed by atoms with Crippen LogP contribution in [-0.4, -0.2) is 17.9 Å². The van der Waals surface area contributed by atoms with Gasteiger partial charge in [-0.1, -0.05) is 37.3 Å². The molecule has 1 aromatic rings. The van der Waals surface area contributed by atoms with Crippen LogP contribution < -0.4 is 0 Å². The summed E-state index contributed by atoms with van der Waals surface area (Å²) in [4.78, 5) is 22.0. The Morgan fingerprint density at radius 1 is 1.38 bits per heavy atom. The van der Waals surface area contributed by atoms with Gasteiger partial charge in [-0.3, -0.25) is 9.59 Å². The minimum atomic E-state index is -1.15. The molecule has 0 aliphatic carbocycles. The van der Waals surface area contributed by atoms with E-state index >= 15 is 0 Å². The maximum absolute atomic E-state index is 11.0. The molecule has 0 bridgehead atoms. The zero-order chi connectivity index (χ0) is 12.0. The van der Waals surface area contributed by atoms with Gasteiger partial charge in [0.2, 0.25) is 6.29 Å². The molecule has 0 N–H and O–H groups in total. The van der Waals surface area contributed by atoms with Gasteiger partial charge in [-0.2, -0.15) is 0 Å². The van der Waals surface area contributed by atoms with E-state index in [0.29, 0.717) is 12.8 Å². The molecule has 1 unspecified atom stereocenters. The molecule has 85 valence electrons. The van der Waals surface area contributed by atoms with E-state index in [4.69, 9.17) is 4.74 Å². The van der Waals surface area contributed by atoms with Gasteiger partial charge >= 0.3 is 5.97 Å². The van der Waals surface area contributed by atoms with E-state index in [1.165, 1.54) is 6.92 Å². The lowest BCUT2D eigenvalue weighted by molar-refractivity contribution is -0.150. The lowest BCUT2D eigenvalue weighted by atomic mass is 9.93. The smallest absolute Gasteiger partial charge is 0.303 e. The molecular formula is C13H15O3. The first-order chi connectivity index (χ1) is 7.62. The first-order valence-electron chi connectivity index (χ1n) is 5.24. The summed E-state index contributed by atoms with van der Waals surface area (Å²) in [6.07, 6.45) is 2.64. The lowest BCUT2D eigenvalue weighted by Gasteiger charge is -2.25. The van der Waals surface area contributed by atoms with Gasteiger partial charge in [0, 0.05) is 13.3 Å². The summed E-state index contributed by atoms with van der Waals surface area (Å²) < 4.78 is 5.08. The number of esters is 1. The van der Waals surface area contributed by atoms with Gasteiger partial charge in [0.25, 0.3) is 0 Å². The number of ether oxygens (including phenoxy) is 1. The molecule has 1 radical (unpaired) electrons. The van der Waals surface area contributed by atoms with Crippen molar-refractivity contribution >= 4 is 12.3 Å². The second-order valence-corrected chi connectivity index (χ2v) is 3.71. The molecule has 0 amide bonds. The van der Waals surface area contributed by atoms with E-state index in [-0.39, 0.29) is 0 Å². The summed E-state index contributed by atoms with van der Waals surface area (Å²) in [5, 5.41) is 0. The lowest BCUT2D eigenvalue weighted by Crippen LogP contribution is -2.38. The van der Waals surface area contributed by atoms with Crippen LogP contribution >= 0.6 is 0 Å². The Labute approximate surface area is 95.4 Å². The fourth-order valence-electron chi connectivity index (χ4n) is 1.56. The van der Waals surface area contributed by atoms with E-state index in [0.717, 1.165) is 5.56 Å². The van der Waals surface area contributed by atoms with Crippen LogP contribution in [0.2, 0.25) is 0 Å². The van der Waals surface area contributed by atoms with Crippen LogP contribution in [0.4, 0.5) is 0 Å². The molecule has 1 aromatic carbocycles. The zero-order valence-corrected chi connectivity index (χ0v) is 9.53. The number of carbonyl (C=O) groups is 1. The minimum absolute atomic E-state index is 0.368. The molecule has 16 heavy (non-hydrogen) atoms.